The lowest BCUT2D eigenvalue weighted by atomic mass is 10.4. The van der Waals surface area contributed by atoms with Crippen LogP contribution in [0.1, 0.15) is 0 Å². The van der Waals surface area contributed by atoms with E-state index in [-0.39, 0.29) is 12.5 Å². The van der Waals surface area contributed by atoms with Gasteiger partial charge in [-0.05, 0) is 12.1 Å². The molecule has 0 saturated carbocycles. The monoisotopic (exact) mass is 161 g/mol. The van der Waals surface area contributed by atoms with Crippen LogP contribution in [0, 0.1) is 0 Å². The van der Waals surface area contributed by atoms with Gasteiger partial charge in [-0.25, -0.2) is 4.98 Å². The molecular formula is C8H7N3O. The second kappa shape index (κ2) is 2.73. The van der Waals surface area contributed by atoms with Crippen LogP contribution in [-0.2, 0) is 4.79 Å². The third-order valence-electron chi connectivity index (χ3n) is 1.59. The second-order valence-electron chi connectivity index (χ2n) is 2.41. The van der Waals surface area contributed by atoms with Crippen molar-refractivity contribution in [2.75, 3.05) is 11.4 Å². The van der Waals surface area contributed by atoms with Gasteiger partial charge < -0.3 is 0 Å². The fourth-order valence-electron chi connectivity index (χ4n) is 1.02. The molecule has 0 N–H and O–H groups in total. The summed E-state index contributed by atoms with van der Waals surface area (Å²) < 4.78 is 0. The molecule has 4 nitrogen and oxygen atoms in total. The van der Waals surface area contributed by atoms with Gasteiger partial charge in [0.1, 0.15) is 12.4 Å². The van der Waals surface area contributed by atoms with Crippen molar-refractivity contribution in [2.24, 2.45) is 4.99 Å². The highest BCUT2D eigenvalue weighted by Gasteiger charge is 2.18. The molecule has 1 aromatic heterocycles. The van der Waals surface area contributed by atoms with Crippen LogP contribution in [0.3, 0.4) is 0 Å². The number of aliphatic imine (C=N–C) groups is 1. The third-order valence-corrected chi connectivity index (χ3v) is 1.59. The van der Waals surface area contributed by atoms with Gasteiger partial charge in [0.05, 0.1) is 6.34 Å². The first-order valence-corrected chi connectivity index (χ1v) is 3.61. The molecule has 12 heavy (non-hydrogen) atoms. The van der Waals surface area contributed by atoms with Crippen molar-refractivity contribution >= 4 is 18.1 Å². The number of aromatic nitrogens is 1. The highest BCUT2D eigenvalue weighted by molar-refractivity contribution is 6.12. The van der Waals surface area contributed by atoms with Gasteiger partial charge in [0.2, 0.25) is 0 Å². The number of amides is 1. The average Bonchev–Trinajstić information content (AvgIpc) is 2.53. The summed E-state index contributed by atoms with van der Waals surface area (Å²) >= 11 is 0. The molecule has 1 amide bonds. The fourth-order valence-corrected chi connectivity index (χ4v) is 1.02. The summed E-state index contributed by atoms with van der Waals surface area (Å²) in [6, 6.07) is 5.41. The van der Waals surface area contributed by atoms with Gasteiger partial charge in [-0.2, -0.15) is 0 Å². The highest BCUT2D eigenvalue weighted by Crippen LogP contribution is 2.10. The minimum absolute atomic E-state index is 0.0336. The van der Waals surface area contributed by atoms with Gasteiger partial charge in [0.15, 0.2) is 0 Å². The standard InChI is InChI=1S/C8H7N3O/c12-8-5-9-6-11(8)7-3-1-2-4-10-7/h1-4,6H,5H2. The smallest absolute Gasteiger partial charge is 0.255 e. The van der Waals surface area contributed by atoms with E-state index in [1.807, 2.05) is 6.07 Å². The molecular weight excluding hydrogens is 154 g/mol. The summed E-state index contributed by atoms with van der Waals surface area (Å²) in [6.07, 6.45) is 3.15. The molecule has 0 saturated heterocycles. The second-order valence-corrected chi connectivity index (χ2v) is 2.41. The summed E-state index contributed by atoms with van der Waals surface area (Å²) in [4.78, 5) is 20.4. The van der Waals surface area contributed by atoms with E-state index in [0.717, 1.165) is 0 Å². The summed E-state index contributed by atoms with van der Waals surface area (Å²) in [7, 11) is 0. The van der Waals surface area contributed by atoms with Crippen LogP contribution in [0.25, 0.3) is 0 Å². The lowest BCUT2D eigenvalue weighted by Crippen LogP contribution is -2.26. The Hall–Kier alpha value is -1.71. The Morgan fingerprint density at radius 2 is 2.33 bits per heavy atom. The van der Waals surface area contributed by atoms with Crippen LogP contribution in [0.2, 0.25) is 0 Å². The fraction of sp³-hybridized carbons (Fsp3) is 0.125. The maximum absolute atomic E-state index is 11.1. The number of hydrogen-bond donors (Lipinski definition) is 0. The van der Waals surface area contributed by atoms with Crippen LogP contribution in [0.4, 0.5) is 5.82 Å². The van der Waals surface area contributed by atoms with E-state index in [1.165, 1.54) is 11.2 Å². The largest absolute Gasteiger partial charge is 0.272 e. The molecule has 1 aromatic rings. The number of rotatable bonds is 1. The molecule has 0 fully saturated rings. The number of nitrogens with zero attached hydrogens (tertiary/aromatic N) is 3. The molecule has 1 aliphatic rings. The van der Waals surface area contributed by atoms with Gasteiger partial charge in [-0.1, -0.05) is 6.07 Å². The summed E-state index contributed by atoms with van der Waals surface area (Å²) in [5, 5.41) is 0. The molecule has 0 spiro atoms. The van der Waals surface area contributed by atoms with E-state index < -0.39 is 0 Å². The average molecular weight is 161 g/mol. The number of anilines is 1. The zero-order chi connectivity index (χ0) is 8.39. The molecule has 0 unspecified atom stereocenters. The van der Waals surface area contributed by atoms with Gasteiger partial charge in [-0.3, -0.25) is 14.7 Å². The Kier molecular flexibility index (Phi) is 1.59. The Balaban J connectivity index is 2.31. The number of pyridine rings is 1. The summed E-state index contributed by atoms with van der Waals surface area (Å²) in [5.74, 6) is 0.595. The SMILES string of the molecule is O=C1CN=CN1c1ccccn1. The molecule has 0 atom stereocenters. The van der Waals surface area contributed by atoms with Crippen molar-refractivity contribution in [1.82, 2.24) is 4.98 Å². The molecule has 2 rings (SSSR count). The van der Waals surface area contributed by atoms with Gasteiger partial charge in [-0.15, -0.1) is 0 Å². The third kappa shape index (κ3) is 1.07. The van der Waals surface area contributed by atoms with Gasteiger partial charge in [0.25, 0.3) is 5.91 Å². The normalized spacial score (nSPS) is 15.7. The van der Waals surface area contributed by atoms with E-state index in [0.29, 0.717) is 5.82 Å². The molecule has 2 heterocycles. The molecule has 0 aliphatic carbocycles. The van der Waals surface area contributed by atoms with Crippen molar-refractivity contribution in [3.05, 3.63) is 24.4 Å². The number of carbonyl (C=O) groups excluding carboxylic acids is 1. The first-order valence-electron chi connectivity index (χ1n) is 3.61. The minimum Gasteiger partial charge on any atom is -0.272 e. The summed E-state index contributed by atoms with van der Waals surface area (Å²) in [6.45, 7) is 0.233. The number of carbonyl (C=O) groups is 1. The Morgan fingerprint density at radius 1 is 1.42 bits per heavy atom. The van der Waals surface area contributed by atoms with Gasteiger partial charge >= 0.3 is 0 Å². The van der Waals surface area contributed by atoms with Crippen LogP contribution in [0.15, 0.2) is 29.4 Å². The van der Waals surface area contributed by atoms with Crippen LogP contribution in [0.5, 0.6) is 0 Å². The van der Waals surface area contributed by atoms with E-state index in [4.69, 9.17) is 0 Å². The molecule has 4 heteroatoms. The predicted octanol–water partition coefficient (Wildman–Crippen LogP) is 0.456. The molecule has 0 radical (unpaired) electrons. The zero-order valence-corrected chi connectivity index (χ0v) is 6.34. The molecule has 60 valence electrons. The Morgan fingerprint density at radius 3 is 2.92 bits per heavy atom. The van der Waals surface area contributed by atoms with Crippen LogP contribution < -0.4 is 4.90 Å². The van der Waals surface area contributed by atoms with Crippen molar-refractivity contribution < 1.29 is 4.79 Å². The van der Waals surface area contributed by atoms with Crippen LogP contribution >= 0.6 is 0 Å². The minimum atomic E-state index is -0.0336. The maximum Gasteiger partial charge on any atom is 0.255 e. The lowest BCUT2D eigenvalue weighted by molar-refractivity contribution is -0.115. The predicted molar refractivity (Wildman–Crippen MR) is 45.1 cm³/mol. The van der Waals surface area contributed by atoms with E-state index >= 15 is 0 Å². The summed E-state index contributed by atoms with van der Waals surface area (Å²) in [5.41, 5.74) is 0. The van der Waals surface area contributed by atoms with E-state index in [2.05, 4.69) is 9.98 Å². The first kappa shape index (κ1) is 6.97. The quantitative estimate of drug-likeness (QED) is 0.600. The molecule has 0 bridgehead atoms. The Labute approximate surface area is 69.6 Å². The Bertz CT molecular complexity index is 320. The lowest BCUT2D eigenvalue weighted by Gasteiger charge is -2.09. The van der Waals surface area contributed by atoms with Crippen molar-refractivity contribution in [1.29, 1.82) is 0 Å². The first-order chi connectivity index (χ1) is 5.88. The topological polar surface area (TPSA) is 45.6 Å². The number of hydrogen-bond acceptors (Lipinski definition) is 3. The van der Waals surface area contributed by atoms with E-state index in [9.17, 15) is 4.79 Å². The van der Waals surface area contributed by atoms with Crippen molar-refractivity contribution in [2.45, 2.75) is 0 Å². The van der Waals surface area contributed by atoms with Gasteiger partial charge in [0, 0.05) is 6.20 Å². The maximum atomic E-state index is 11.1. The van der Waals surface area contributed by atoms with E-state index in [1.54, 1.807) is 18.3 Å². The van der Waals surface area contributed by atoms with Crippen molar-refractivity contribution in [3.8, 4) is 0 Å². The van der Waals surface area contributed by atoms with Crippen LogP contribution in [-0.4, -0.2) is 23.8 Å². The highest BCUT2D eigenvalue weighted by atomic mass is 16.2. The van der Waals surface area contributed by atoms with Crippen molar-refractivity contribution in [3.63, 3.8) is 0 Å². The molecule has 0 aromatic carbocycles. The molecule has 1 aliphatic heterocycles. The zero-order valence-electron chi connectivity index (χ0n) is 6.34.